The summed E-state index contributed by atoms with van der Waals surface area (Å²) in [6, 6.07) is 15.8. The van der Waals surface area contributed by atoms with Crippen LogP contribution in [0.15, 0.2) is 61.1 Å². The van der Waals surface area contributed by atoms with Gasteiger partial charge in [-0.1, -0.05) is 29.8 Å². The Bertz CT molecular complexity index is 1380. The summed E-state index contributed by atoms with van der Waals surface area (Å²) >= 11 is 6.15. The van der Waals surface area contributed by atoms with Gasteiger partial charge in [-0.25, -0.2) is 14.8 Å². The van der Waals surface area contributed by atoms with Crippen LogP contribution in [-0.2, 0) is 9.53 Å². The summed E-state index contributed by atoms with van der Waals surface area (Å²) in [4.78, 5) is 20.7. The Balaban J connectivity index is 2.01. The average Bonchev–Trinajstić information content (AvgIpc) is 2.76. The molecule has 0 amide bonds. The summed E-state index contributed by atoms with van der Waals surface area (Å²) in [5.41, 5.74) is 5.63. The van der Waals surface area contributed by atoms with Gasteiger partial charge in [0.25, 0.3) is 0 Å². The van der Waals surface area contributed by atoms with Crippen molar-refractivity contribution in [3.63, 3.8) is 0 Å². The number of aromatic nitrogens is 2. The molecule has 0 saturated carbocycles. The van der Waals surface area contributed by atoms with E-state index < -0.39 is 17.7 Å². The minimum absolute atomic E-state index is 0.613. The number of carboxylic acids is 1. The number of hydrogen-bond acceptors (Lipinski definition) is 4. The first-order valence-electron chi connectivity index (χ1n) is 11.1. The van der Waals surface area contributed by atoms with E-state index >= 15 is 0 Å². The molecule has 4 rings (SSSR count). The third-order valence-corrected chi connectivity index (χ3v) is 5.95. The molecule has 4 aromatic rings. The molecule has 34 heavy (non-hydrogen) atoms. The van der Waals surface area contributed by atoms with Crippen LogP contribution in [0.3, 0.4) is 0 Å². The maximum Gasteiger partial charge on any atom is 0.337 e. The molecule has 3 aromatic carbocycles. The lowest BCUT2D eigenvalue weighted by atomic mass is 9.89. The zero-order valence-corrected chi connectivity index (χ0v) is 20.6. The molecular formula is C28H27ClN2O3. The number of halogens is 1. The van der Waals surface area contributed by atoms with Crippen LogP contribution in [0.5, 0.6) is 0 Å². The number of rotatable bonds is 5. The lowest BCUT2D eigenvalue weighted by Crippen LogP contribution is -2.27. The molecule has 0 bridgehead atoms. The van der Waals surface area contributed by atoms with Gasteiger partial charge < -0.3 is 9.84 Å². The van der Waals surface area contributed by atoms with Crippen molar-refractivity contribution in [3.8, 4) is 22.3 Å². The van der Waals surface area contributed by atoms with Crippen LogP contribution in [0.1, 0.15) is 43.7 Å². The Morgan fingerprint density at radius 2 is 1.71 bits per heavy atom. The second-order valence-corrected chi connectivity index (χ2v) is 9.87. The van der Waals surface area contributed by atoms with Gasteiger partial charge in [-0.15, -0.1) is 0 Å². The smallest absolute Gasteiger partial charge is 0.337 e. The van der Waals surface area contributed by atoms with Crippen LogP contribution in [0.25, 0.3) is 33.0 Å². The number of aliphatic carboxylic acids is 1. The fraction of sp³-hybridized carbons (Fsp3) is 0.250. The summed E-state index contributed by atoms with van der Waals surface area (Å²) in [6.07, 6.45) is 2.28. The standard InChI is InChI=1S/C28H27ClN2O3/c1-16-10-19-11-20(25-14-30-15-31-17(25)2)12-23(18-6-8-21(29)9-7-18)24(19)13-22(16)26(27(32)33)34-28(3,4)5/h6-15,26H,1-5H3,(H,32,33)/t26-/m0/s1. The highest BCUT2D eigenvalue weighted by atomic mass is 35.5. The van der Waals surface area contributed by atoms with E-state index in [0.717, 1.165) is 44.3 Å². The van der Waals surface area contributed by atoms with Crippen LogP contribution in [0.2, 0.25) is 5.02 Å². The van der Waals surface area contributed by atoms with Crippen LogP contribution in [0.4, 0.5) is 0 Å². The van der Waals surface area contributed by atoms with Gasteiger partial charge in [0.05, 0.1) is 5.60 Å². The molecule has 0 aliphatic heterocycles. The molecule has 174 valence electrons. The molecule has 0 fully saturated rings. The van der Waals surface area contributed by atoms with Crippen LogP contribution >= 0.6 is 11.6 Å². The van der Waals surface area contributed by atoms with Crippen molar-refractivity contribution in [2.45, 2.75) is 46.3 Å². The summed E-state index contributed by atoms with van der Waals surface area (Å²) in [6.45, 7) is 9.44. The van der Waals surface area contributed by atoms with E-state index in [2.05, 4.69) is 22.1 Å². The van der Waals surface area contributed by atoms with Crippen molar-refractivity contribution < 1.29 is 14.6 Å². The second kappa shape index (κ2) is 9.16. The predicted octanol–water partition coefficient (Wildman–Crippen LogP) is 7.17. The highest BCUT2D eigenvalue weighted by Gasteiger charge is 2.28. The SMILES string of the molecule is Cc1cc2cc(-c3cncnc3C)cc(-c3ccc(Cl)cc3)c2cc1[C@H](OC(C)(C)C)C(=O)O. The van der Waals surface area contributed by atoms with E-state index in [1.54, 1.807) is 0 Å². The predicted molar refractivity (Wildman–Crippen MR) is 136 cm³/mol. The molecular weight excluding hydrogens is 448 g/mol. The number of benzene rings is 3. The molecule has 0 aliphatic carbocycles. The molecule has 1 N–H and O–H groups in total. The van der Waals surface area contributed by atoms with Crippen LogP contribution in [-0.4, -0.2) is 26.6 Å². The van der Waals surface area contributed by atoms with Gasteiger partial charge in [0, 0.05) is 22.5 Å². The van der Waals surface area contributed by atoms with Crippen LogP contribution in [0, 0.1) is 13.8 Å². The Morgan fingerprint density at radius 3 is 2.32 bits per heavy atom. The highest BCUT2D eigenvalue weighted by molar-refractivity contribution is 6.30. The lowest BCUT2D eigenvalue weighted by Gasteiger charge is -2.26. The zero-order chi connectivity index (χ0) is 24.6. The van der Waals surface area contributed by atoms with E-state index in [9.17, 15) is 9.90 Å². The van der Waals surface area contributed by atoms with E-state index in [1.807, 2.05) is 77.2 Å². The molecule has 0 radical (unpaired) electrons. The van der Waals surface area contributed by atoms with Crippen molar-refractivity contribution >= 4 is 28.3 Å². The van der Waals surface area contributed by atoms with Crippen molar-refractivity contribution in [1.82, 2.24) is 9.97 Å². The number of ether oxygens (including phenoxy) is 1. The Labute approximate surface area is 204 Å². The molecule has 0 saturated heterocycles. The van der Waals surface area contributed by atoms with Gasteiger partial charge in [0.2, 0.25) is 0 Å². The van der Waals surface area contributed by atoms with Gasteiger partial charge in [0.1, 0.15) is 6.33 Å². The fourth-order valence-electron chi connectivity index (χ4n) is 4.12. The molecule has 6 heteroatoms. The number of carbonyl (C=O) groups is 1. The number of nitrogens with zero attached hydrogens (tertiary/aromatic N) is 2. The lowest BCUT2D eigenvalue weighted by molar-refractivity contribution is -0.160. The van der Waals surface area contributed by atoms with E-state index in [4.69, 9.17) is 16.3 Å². The summed E-state index contributed by atoms with van der Waals surface area (Å²) < 4.78 is 5.95. The summed E-state index contributed by atoms with van der Waals surface area (Å²) in [7, 11) is 0. The monoisotopic (exact) mass is 474 g/mol. The van der Waals surface area contributed by atoms with Crippen molar-refractivity contribution in [2.24, 2.45) is 0 Å². The number of fused-ring (bicyclic) bond motifs is 1. The van der Waals surface area contributed by atoms with Gasteiger partial charge in [-0.3, -0.25) is 0 Å². The van der Waals surface area contributed by atoms with E-state index in [-0.39, 0.29) is 0 Å². The molecule has 0 unspecified atom stereocenters. The van der Waals surface area contributed by atoms with E-state index in [0.29, 0.717) is 10.6 Å². The number of aryl methyl sites for hydroxylation is 2. The van der Waals surface area contributed by atoms with Gasteiger partial charge in [-0.2, -0.15) is 0 Å². The van der Waals surface area contributed by atoms with Gasteiger partial charge in [-0.05, 0) is 104 Å². The first kappa shape index (κ1) is 23.9. The molecule has 0 aliphatic rings. The summed E-state index contributed by atoms with van der Waals surface area (Å²) in [5.74, 6) is -1.01. The maximum atomic E-state index is 12.2. The van der Waals surface area contributed by atoms with Crippen LogP contribution < -0.4 is 0 Å². The zero-order valence-electron chi connectivity index (χ0n) is 19.9. The normalized spacial score (nSPS) is 12.6. The quantitative estimate of drug-likeness (QED) is 0.331. The highest BCUT2D eigenvalue weighted by Crippen LogP contribution is 2.38. The Morgan fingerprint density at radius 1 is 1.00 bits per heavy atom. The molecule has 1 heterocycles. The largest absolute Gasteiger partial charge is 0.479 e. The first-order valence-corrected chi connectivity index (χ1v) is 11.4. The average molecular weight is 475 g/mol. The van der Waals surface area contributed by atoms with Gasteiger partial charge in [0.15, 0.2) is 6.10 Å². The Hall–Kier alpha value is -3.28. The first-order chi connectivity index (χ1) is 16.0. The van der Waals surface area contributed by atoms with Crippen molar-refractivity contribution in [3.05, 3.63) is 82.9 Å². The topological polar surface area (TPSA) is 72.3 Å². The number of hydrogen-bond donors (Lipinski definition) is 1. The minimum atomic E-state index is -1.08. The van der Waals surface area contributed by atoms with Crippen molar-refractivity contribution in [2.75, 3.05) is 0 Å². The molecule has 0 spiro atoms. The third-order valence-electron chi connectivity index (χ3n) is 5.70. The van der Waals surface area contributed by atoms with E-state index in [1.165, 1.54) is 6.33 Å². The fourth-order valence-corrected chi connectivity index (χ4v) is 4.25. The van der Waals surface area contributed by atoms with Gasteiger partial charge >= 0.3 is 5.97 Å². The summed E-state index contributed by atoms with van der Waals surface area (Å²) in [5, 5.41) is 12.6. The molecule has 1 aromatic heterocycles. The third kappa shape index (κ3) is 4.96. The minimum Gasteiger partial charge on any atom is -0.479 e. The van der Waals surface area contributed by atoms with Crippen molar-refractivity contribution in [1.29, 1.82) is 0 Å². The molecule has 5 nitrogen and oxygen atoms in total. The Kier molecular flexibility index (Phi) is 6.43. The second-order valence-electron chi connectivity index (χ2n) is 9.43. The maximum absolute atomic E-state index is 12.2. The number of carboxylic acid groups (broad SMARTS) is 1. The molecule has 1 atom stereocenters.